The smallest absolute Gasteiger partial charge is 0.341 e. The number of rotatable bonds is 4. The summed E-state index contributed by atoms with van der Waals surface area (Å²) in [6.45, 7) is 4.12. The second-order valence-corrected chi connectivity index (χ2v) is 4.17. The number of halogens is 2. The van der Waals surface area contributed by atoms with Gasteiger partial charge in [-0.1, -0.05) is 13.8 Å². The minimum absolute atomic E-state index is 0.182. The van der Waals surface area contributed by atoms with Gasteiger partial charge in [0.25, 0.3) is 0 Å². The van der Waals surface area contributed by atoms with Gasteiger partial charge in [-0.15, -0.1) is 0 Å². The van der Waals surface area contributed by atoms with Crippen LogP contribution in [0.5, 0.6) is 0 Å². The fourth-order valence-electron chi connectivity index (χ4n) is 1.18. The zero-order valence-corrected chi connectivity index (χ0v) is 9.80. The summed E-state index contributed by atoms with van der Waals surface area (Å²) >= 11 is 0. The van der Waals surface area contributed by atoms with Crippen molar-refractivity contribution in [1.82, 2.24) is 0 Å². The van der Waals surface area contributed by atoms with Crippen molar-refractivity contribution in [3.8, 4) is 0 Å². The molecule has 0 fully saturated rings. The molecular formula is C12H15F2NO2. The maximum Gasteiger partial charge on any atom is 0.341 e. The Morgan fingerprint density at radius 2 is 2.00 bits per heavy atom. The third kappa shape index (κ3) is 3.69. The molecule has 0 aromatic heterocycles. The summed E-state index contributed by atoms with van der Waals surface area (Å²) in [6, 6.07) is 1.52. The fourth-order valence-corrected chi connectivity index (χ4v) is 1.18. The average molecular weight is 243 g/mol. The SMILES string of the molecule is CC(C)CCOC(=O)c1cc(F)c(N)cc1F. The molecule has 17 heavy (non-hydrogen) atoms. The van der Waals surface area contributed by atoms with Gasteiger partial charge in [-0.25, -0.2) is 13.6 Å². The van der Waals surface area contributed by atoms with E-state index in [-0.39, 0.29) is 12.3 Å². The topological polar surface area (TPSA) is 52.3 Å². The zero-order valence-electron chi connectivity index (χ0n) is 9.80. The van der Waals surface area contributed by atoms with Gasteiger partial charge in [-0.3, -0.25) is 0 Å². The van der Waals surface area contributed by atoms with Crippen molar-refractivity contribution in [3.63, 3.8) is 0 Å². The first-order valence-corrected chi connectivity index (χ1v) is 5.33. The predicted octanol–water partition coefficient (Wildman–Crippen LogP) is 2.75. The van der Waals surface area contributed by atoms with Crippen LogP contribution in [0.15, 0.2) is 12.1 Å². The van der Waals surface area contributed by atoms with Crippen LogP contribution < -0.4 is 5.73 Å². The number of esters is 1. The van der Waals surface area contributed by atoms with Crippen molar-refractivity contribution >= 4 is 11.7 Å². The van der Waals surface area contributed by atoms with Crippen molar-refractivity contribution < 1.29 is 18.3 Å². The van der Waals surface area contributed by atoms with E-state index in [9.17, 15) is 13.6 Å². The Kier molecular flexibility index (Phi) is 4.43. The van der Waals surface area contributed by atoms with Gasteiger partial charge in [0.05, 0.1) is 17.9 Å². The Morgan fingerprint density at radius 3 is 2.59 bits per heavy atom. The highest BCUT2D eigenvalue weighted by molar-refractivity contribution is 5.90. The Balaban J connectivity index is 2.72. The van der Waals surface area contributed by atoms with Gasteiger partial charge in [0.1, 0.15) is 11.6 Å². The number of hydrogen-bond acceptors (Lipinski definition) is 3. The van der Waals surface area contributed by atoms with E-state index in [1.54, 1.807) is 0 Å². The van der Waals surface area contributed by atoms with E-state index in [1.165, 1.54) is 0 Å². The highest BCUT2D eigenvalue weighted by Crippen LogP contribution is 2.17. The summed E-state index contributed by atoms with van der Waals surface area (Å²) in [4.78, 5) is 11.4. The second kappa shape index (κ2) is 5.61. The predicted molar refractivity (Wildman–Crippen MR) is 60.5 cm³/mol. The van der Waals surface area contributed by atoms with Crippen LogP contribution >= 0.6 is 0 Å². The van der Waals surface area contributed by atoms with Crippen LogP contribution in [0.2, 0.25) is 0 Å². The van der Waals surface area contributed by atoms with Gasteiger partial charge in [0.2, 0.25) is 0 Å². The molecule has 0 spiro atoms. The molecule has 5 heteroatoms. The van der Waals surface area contributed by atoms with Crippen LogP contribution in [-0.2, 0) is 4.74 Å². The molecule has 3 nitrogen and oxygen atoms in total. The molecule has 0 bridgehead atoms. The fraction of sp³-hybridized carbons (Fsp3) is 0.417. The second-order valence-electron chi connectivity index (χ2n) is 4.17. The molecule has 0 saturated carbocycles. The van der Waals surface area contributed by atoms with Gasteiger partial charge >= 0.3 is 5.97 Å². The molecule has 2 N–H and O–H groups in total. The largest absolute Gasteiger partial charge is 0.462 e. The molecule has 94 valence electrons. The standard InChI is InChI=1S/C12H15F2NO2/c1-7(2)3-4-17-12(16)8-5-10(14)11(15)6-9(8)13/h5-7H,3-4,15H2,1-2H3. The molecule has 0 atom stereocenters. The van der Waals surface area contributed by atoms with Gasteiger partial charge in [-0.05, 0) is 18.4 Å². The number of benzene rings is 1. The molecule has 1 rings (SSSR count). The molecule has 0 aliphatic heterocycles. The summed E-state index contributed by atoms with van der Waals surface area (Å²) in [5.74, 6) is -2.21. The summed E-state index contributed by atoms with van der Waals surface area (Å²) in [7, 11) is 0. The summed E-state index contributed by atoms with van der Waals surface area (Å²) in [6.07, 6.45) is 0.671. The molecule has 1 aromatic carbocycles. The van der Waals surface area contributed by atoms with E-state index in [1.807, 2.05) is 13.8 Å². The Bertz CT molecular complexity index is 419. The highest BCUT2D eigenvalue weighted by atomic mass is 19.1. The third-order valence-electron chi connectivity index (χ3n) is 2.23. The van der Waals surface area contributed by atoms with E-state index in [4.69, 9.17) is 10.5 Å². The van der Waals surface area contributed by atoms with Crippen LogP contribution in [0.1, 0.15) is 30.6 Å². The molecule has 0 saturated heterocycles. The normalized spacial score (nSPS) is 10.6. The van der Waals surface area contributed by atoms with Crippen LogP contribution in [-0.4, -0.2) is 12.6 Å². The average Bonchev–Trinajstić information content (AvgIpc) is 2.22. The minimum atomic E-state index is -0.876. The highest BCUT2D eigenvalue weighted by Gasteiger charge is 2.16. The molecular weight excluding hydrogens is 228 g/mol. The van der Waals surface area contributed by atoms with Crippen LogP contribution in [0, 0.1) is 17.6 Å². The van der Waals surface area contributed by atoms with Gasteiger partial charge in [-0.2, -0.15) is 0 Å². The molecule has 0 radical (unpaired) electrons. The van der Waals surface area contributed by atoms with E-state index in [0.717, 1.165) is 12.1 Å². The summed E-state index contributed by atoms with van der Waals surface area (Å²) in [5, 5.41) is 0. The van der Waals surface area contributed by atoms with Gasteiger partial charge < -0.3 is 10.5 Å². The molecule has 0 heterocycles. The lowest BCUT2D eigenvalue weighted by Gasteiger charge is -2.08. The van der Waals surface area contributed by atoms with Crippen molar-refractivity contribution in [2.24, 2.45) is 5.92 Å². The lowest BCUT2D eigenvalue weighted by atomic mass is 10.1. The van der Waals surface area contributed by atoms with Crippen molar-refractivity contribution in [3.05, 3.63) is 29.3 Å². The summed E-state index contributed by atoms with van der Waals surface area (Å²) < 4.78 is 31.2. The zero-order chi connectivity index (χ0) is 13.0. The Hall–Kier alpha value is -1.65. The number of nitrogens with two attached hydrogens (primary N) is 1. The van der Waals surface area contributed by atoms with Crippen LogP contribution in [0.3, 0.4) is 0 Å². The first-order chi connectivity index (χ1) is 7.91. The van der Waals surface area contributed by atoms with Gasteiger partial charge in [0.15, 0.2) is 0 Å². The van der Waals surface area contributed by atoms with Crippen molar-refractivity contribution in [1.29, 1.82) is 0 Å². The lowest BCUT2D eigenvalue weighted by Crippen LogP contribution is -2.11. The Labute approximate surface area is 98.6 Å². The minimum Gasteiger partial charge on any atom is -0.462 e. The van der Waals surface area contributed by atoms with Crippen LogP contribution in [0.25, 0.3) is 0 Å². The number of carbonyl (C=O) groups is 1. The number of hydrogen-bond donors (Lipinski definition) is 1. The first kappa shape index (κ1) is 13.4. The molecule has 0 aliphatic carbocycles. The van der Waals surface area contributed by atoms with E-state index >= 15 is 0 Å². The molecule has 0 aliphatic rings. The quantitative estimate of drug-likeness (QED) is 0.653. The first-order valence-electron chi connectivity index (χ1n) is 5.33. The van der Waals surface area contributed by atoms with E-state index in [2.05, 4.69) is 0 Å². The number of nitrogen functional groups attached to an aromatic ring is 1. The molecule has 0 amide bonds. The number of ether oxygens (including phenoxy) is 1. The molecule has 0 unspecified atom stereocenters. The maximum atomic E-state index is 13.3. The van der Waals surface area contributed by atoms with Gasteiger partial charge in [0, 0.05) is 6.07 Å². The Morgan fingerprint density at radius 1 is 1.35 bits per heavy atom. The number of anilines is 1. The van der Waals surface area contributed by atoms with Crippen molar-refractivity contribution in [2.45, 2.75) is 20.3 Å². The third-order valence-corrected chi connectivity index (χ3v) is 2.23. The van der Waals surface area contributed by atoms with Crippen LogP contribution in [0.4, 0.5) is 14.5 Å². The summed E-state index contributed by atoms with van der Waals surface area (Å²) in [5.41, 5.74) is 4.40. The molecule has 1 aromatic rings. The lowest BCUT2D eigenvalue weighted by molar-refractivity contribution is 0.0482. The monoisotopic (exact) mass is 243 g/mol. The van der Waals surface area contributed by atoms with E-state index < -0.39 is 23.2 Å². The van der Waals surface area contributed by atoms with Crippen molar-refractivity contribution in [2.75, 3.05) is 12.3 Å². The van der Waals surface area contributed by atoms with E-state index in [0.29, 0.717) is 12.3 Å². The maximum absolute atomic E-state index is 13.3. The number of carbonyl (C=O) groups excluding carboxylic acids is 1.